The molecule has 2 N–H and O–H groups in total. The highest BCUT2D eigenvalue weighted by atomic mass is 32.1. The van der Waals surface area contributed by atoms with Crippen molar-refractivity contribution in [1.29, 1.82) is 0 Å². The summed E-state index contributed by atoms with van der Waals surface area (Å²) in [7, 11) is 0. The van der Waals surface area contributed by atoms with Crippen molar-refractivity contribution in [2.75, 3.05) is 13.4 Å². The van der Waals surface area contributed by atoms with Crippen LogP contribution in [0.2, 0.25) is 0 Å². The Labute approximate surface area is 176 Å². The van der Waals surface area contributed by atoms with E-state index in [1.54, 1.807) is 0 Å². The van der Waals surface area contributed by atoms with E-state index in [0.717, 1.165) is 48.6 Å². The topological polar surface area (TPSA) is 69.0 Å². The van der Waals surface area contributed by atoms with E-state index in [9.17, 15) is 0 Å². The first kappa shape index (κ1) is 19.7. The molecule has 0 saturated carbocycles. The molecule has 7 nitrogen and oxygen atoms in total. The second-order valence-electron chi connectivity index (χ2n) is 7.31. The summed E-state index contributed by atoms with van der Waals surface area (Å²) in [6, 6.07) is 7.97. The highest BCUT2D eigenvalue weighted by Crippen LogP contribution is 2.32. The minimum atomic E-state index is 0.273. The Kier molecular flexibility index (Phi) is 6.01. The normalized spacial score (nSPS) is 17.8. The number of benzene rings is 1. The molecule has 0 bridgehead atoms. The zero-order valence-electron chi connectivity index (χ0n) is 16.7. The van der Waals surface area contributed by atoms with Crippen molar-refractivity contribution in [3.63, 3.8) is 0 Å². The Morgan fingerprint density at radius 2 is 2.14 bits per heavy atom. The molecule has 1 fully saturated rings. The maximum atomic E-state index is 5.77. The van der Waals surface area contributed by atoms with Gasteiger partial charge < -0.3 is 24.1 Å². The summed E-state index contributed by atoms with van der Waals surface area (Å²) in [5.74, 6) is 1.54. The molecule has 1 saturated heterocycles. The lowest BCUT2D eigenvalue weighted by Crippen LogP contribution is -2.31. The number of hydrogen-bond acceptors (Lipinski definition) is 5. The van der Waals surface area contributed by atoms with Crippen molar-refractivity contribution < 1.29 is 14.2 Å². The molecule has 2 aliphatic heterocycles. The zero-order chi connectivity index (χ0) is 20.2. The molecule has 154 valence electrons. The largest absolute Gasteiger partial charge is 0.454 e. The molecule has 0 aliphatic carbocycles. The zero-order valence-corrected chi connectivity index (χ0v) is 17.6. The van der Waals surface area contributed by atoms with E-state index >= 15 is 0 Å². The van der Waals surface area contributed by atoms with Gasteiger partial charge in [-0.1, -0.05) is 6.07 Å². The Hall–Kier alpha value is -2.58. The predicted octanol–water partition coefficient (Wildman–Crippen LogP) is 3.01. The lowest BCUT2D eigenvalue weighted by Gasteiger charge is -2.14. The molecule has 1 aromatic heterocycles. The second kappa shape index (κ2) is 8.84. The van der Waals surface area contributed by atoms with Crippen molar-refractivity contribution in [3.05, 3.63) is 46.8 Å². The summed E-state index contributed by atoms with van der Waals surface area (Å²) in [6.45, 7) is 6.85. The number of aryl methyl sites for hydroxylation is 1. The van der Waals surface area contributed by atoms with E-state index in [-0.39, 0.29) is 6.79 Å². The molecule has 0 amide bonds. The number of aromatic nitrogens is 1. The lowest BCUT2D eigenvalue weighted by molar-refractivity contribution is 0.0962. The average Bonchev–Trinajstić information content (AvgIpc) is 3.44. The van der Waals surface area contributed by atoms with E-state index in [1.165, 1.54) is 11.4 Å². The molecule has 0 radical (unpaired) electrons. The smallest absolute Gasteiger partial charge is 0.231 e. The third-order valence-corrected chi connectivity index (χ3v) is 5.52. The van der Waals surface area contributed by atoms with Crippen LogP contribution < -0.4 is 20.2 Å². The second-order valence-corrected chi connectivity index (χ2v) is 7.72. The fraction of sp³-hybridized carbons (Fsp3) is 0.429. The van der Waals surface area contributed by atoms with Gasteiger partial charge in [0.1, 0.15) is 0 Å². The number of nitrogens with zero attached hydrogens (tertiary/aromatic N) is 2. The van der Waals surface area contributed by atoms with Gasteiger partial charge in [0.05, 0.1) is 12.3 Å². The lowest BCUT2D eigenvalue weighted by atomic mass is 10.2. The SMILES string of the molecule is Cc1cc(/C=N\NC(=S)NCc2ccc3c(c2)OCO3)c(C)n1C[C@H]1CCCO1. The van der Waals surface area contributed by atoms with Crippen LogP contribution in [0.25, 0.3) is 0 Å². The van der Waals surface area contributed by atoms with Crippen LogP contribution in [0.4, 0.5) is 0 Å². The van der Waals surface area contributed by atoms with Gasteiger partial charge in [-0.05, 0) is 62.7 Å². The van der Waals surface area contributed by atoms with Crippen LogP contribution in [-0.4, -0.2) is 35.4 Å². The van der Waals surface area contributed by atoms with Crippen molar-refractivity contribution >= 4 is 23.5 Å². The maximum absolute atomic E-state index is 5.77. The number of hydrogen-bond donors (Lipinski definition) is 2. The van der Waals surface area contributed by atoms with Crippen molar-refractivity contribution in [3.8, 4) is 11.5 Å². The van der Waals surface area contributed by atoms with E-state index < -0.39 is 0 Å². The fourth-order valence-electron chi connectivity index (χ4n) is 3.66. The number of thiocarbonyl (C=S) groups is 1. The van der Waals surface area contributed by atoms with Crippen LogP contribution in [0, 0.1) is 13.8 Å². The van der Waals surface area contributed by atoms with Crippen LogP contribution >= 0.6 is 12.2 Å². The Bertz CT molecular complexity index is 919. The summed E-state index contributed by atoms with van der Waals surface area (Å²) in [5.41, 5.74) is 7.41. The van der Waals surface area contributed by atoms with Crippen molar-refractivity contribution in [2.24, 2.45) is 5.10 Å². The molecule has 1 aromatic carbocycles. The number of nitrogens with one attached hydrogen (secondary N) is 2. The van der Waals surface area contributed by atoms with E-state index in [2.05, 4.69) is 40.3 Å². The Morgan fingerprint density at radius 3 is 2.97 bits per heavy atom. The standard InChI is InChI=1S/C21H26N4O3S/c1-14-8-17(15(2)25(14)12-18-4-3-7-26-18)11-23-24-21(29)22-10-16-5-6-19-20(9-16)28-13-27-19/h5-6,8-9,11,18H,3-4,7,10,12-13H2,1-2H3,(H2,22,24,29)/b23-11-/t18-/m1/s1. The first-order valence-electron chi connectivity index (χ1n) is 9.84. The molecular weight excluding hydrogens is 388 g/mol. The van der Waals surface area contributed by atoms with Crippen LogP contribution in [0.3, 0.4) is 0 Å². The van der Waals surface area contributed by atoms with Crippen LogP contribution in [-0.2, 0) is 17.8 Å². The van der Waals surface area contributed by atoms with Gasteiger partial charge in [-0.15, -0.1) is 0 Å². The van der Waals surface area contributed by atoms with E-state index in [4.69, 9.17) is 26.4 Å². The summed E-state index contributed by atoms with van der Waals surface area (Å²) in [4.78, 5) is 0. The van der Waals surface area contributed by atoms with Gasteiger partial charge in [0.2, 0.25) is 6.79 Å². The molecule has 2 aromatic rings. The summed E-state index contributed by atoms with van der Waals surface area (Å²) in [6.07, 6.45) is 4.41. The fourth-order valence-corrected chi connectivity index (χ4v) is 3.79. The number of fused-ring (bicyclic) bond motifs is 1. The van der Waals surface area contributed by atoms with Gasteiger partial charge in [-0.3, -0.25) is 5.43 Å². The Balaban J connectivity index is 1.28. The van der Waals surface area contributed by atoms with E-state index in [1.807, 2.05) is 24.4 Å². The summed E-state index contributed by atoms with van der Waals surface area (Å²) in [5, 5.41) is 7.90. The number of rotatable bonds is 6. The summed E-state index contributed by atoms with van der Waals surface area (Å²) < 4.78 is 18.8. The van der Waals surface area contributed by atoms with Gasteiger partial charge in [0.15, 0.2) is 16.6 Å². The molecule has 1 atom stereocenters. The molecule has 0 unspecified atom stereocenters. The van der Waals surface area contributed by atoms with Gasteiger partial charge in [0.25, 0.3) is 0 Å². The van der Waals surface area contributed by atoms with Gasteiger partial charge >= 0.3 is 0 Å². The minimum absolute atomic E-state index is 0.273. The van der Waals surface area contributed by atoms with Gasteiger partial charge in [-0.25, -0.2) is 0 Å². The quantitative estimate of drug-likeness (QED) is 0.430. The predicted molar refractivity (Wildman–Crippen MR) is 116 cm³/mol. The highest BCUT2D eigenvalue weighted by molar-refractivity contribution is 7.80. The van der Waals surface area contributed by atoms with Crippen LogP contribution in [0.5, 0.6) is 11.5 Å². The monoisotopic (exact) mass is 414 g/mol. The minimum Gasteiger partial charge on any atom is -0.454 e. The number of ether oxygens (including phenoxy) is 3. The first-order valence-corrected chi connectivity index (χ1v) is 10.2. The summed E-state index contributed by atoms with van der Waals surface area (Å²) >= 11 is 5.31. The molecule has 0 spiro atoms. The van der Waals surface area contributed by atoms with Gasteiger partial charge in [-0.2, -0.15) is 5.10 Å². The molecular formula is C21H26N4O3S. The Morgan fingerprint density at radius 1 is 1.28 bits per heavy atom. The third kappa shape index (κ3) is 4.71. The molecule has 4 rings (SSSR count). The van der Waals surface area contributed by atoms with Gasteiger partial charge in [0, 0.05) is 36.6 Å². The van der Waals surface area contributed by atoms with Crippen molar-refractivity contribution in [1.82, 2.24) is 15.3 Å². The maximum Gasteiger partial charge on any atom is 0.231 e. The molecule has 8 heteroatoms. The molecule has 2 aliphatic rings. The average molecular weight is 415 g/mol. The molecule has 3 heterocycles. The third-order valence-electron chi connectivity index (χ3n) is 5.28. The van der Waals surface area contributed by atoms with Crippen LogP contribution in [0.1, 0.15) is 35.4 Å². The number of hydrazone groups is 1. The molecule has 29 heavy (non-hydrogen) atoms. The first-order chi connectivity index (χ1) is 14.1. The van der Waals surface area contributed by atoms with E-state index in [0.29, 0.717) is 17.8 Å². The van der Waals surface area contributed by atoms with Crippen molar-refractivity contribution in [2.45, 2.75) is 45.9 Å². The van der Waals surface area contributed by atoms with Crippen LogP contribution in [0.15, 0.2) is 29.4 Å². The highest BCUT2D eigenvalue weighted by Gasteiger charge is 2.18.